The van der Waals surface area contributed by atoms with Crippen LogP contribution in [0.3, 0.4) is 0 Å². The number of benzene rings is 2. The predicted octanol–water partition coefficient (Wildman–Crippen LogP) is 4.18. The summed E-state index contributed by atoms with van der Waals surface area (Å²) in [5.74, 6) is -0.179. The second kappa shape index (κ2) is 5.01. The van der Waals surface area contributed by atoms with Crippen LogP contribution < -0.4 is 5.73 Å². The zero-order valence-corrected chi connectivity index (χ0v) is 11.2. The maximum absolute atomic E-state index is 13.6. The largest absolute Gasteiger partial charge is 0.380 e. The first-order valence-corrected chi connectivity index (χ1v) is 6.33. The zero-order chi connectivity index (χ0) is 15.0. The van der Waals surface area contributed by atoms with Gasteiger partial charge in [0.15, 0.2) is 11.6 Å². The van der Waals surface area contributed by atoms with E-state index in [1.54, 1.807) is 25.1 Å². The lowest BCUT2D eigenvalue weighted by Gasteiger charge is -2.04. The molecule has 0 fully saturated rings. The molecule has 3 rings (SSSR count). The first-order chi connectivity index (χ1) is 10.0. The molecule has 0 saturated heterocycles. The van der Waals surface area contributed by atoms with Crippen molar-refractivity contribution in [3.63, 3.8) is 0 Å². The van der Waals surface area contributed by atoms with E-state index in [1.807, 2.05) is 0 Å². The third kappa shape index (κ3) is 2.50. The molecule has 0 spiro atoms. The first kappa shape index (κ1) is 13.3. The van der Waals surface area contributed by atoms with Crippen LogP contribution in [0.5, 0.6) is 0 Å². The van der Waals surface area contributed by atoms with Crippen LogP contribution in [-0.4, -0.2) is 5.16 Å². The molecule has 5 heteroatoms. The summed E-state index contributed by atoms with van der Waals surface area (Å²) in [5.41, 5.74) is 8.31. The monoisotopic (exact) mass is 286 g/mol. The van der Waals surface area contributed by atoms with Gasteiger partial charge in [0, 0.05) is 5.56 Å². The Kier molecular flexibility index (Phi) is 3.17. The van der Waals surface area contributed by atoms with Crippen molar-refractivity contribution in [3.05, 3.63) is 59.7 Å². The van der Waals surface area contributed by atoms with Gasteiger partial charge in [0.25, 0.3) is 0 Å². The van der Waals surface area contributed by atoms with Gasteiger partial charge in [0.05, 0.1) is 5.56 Å². The fourth-order valence-corrected chi connectivity index (χ4v) is 2.26. The van der Waals surface area contributed by atoms with Crippen LogP contribution >= 0.6 is 0 Å². The van der Waals surface area contributed by atoms with Gasteiger partial charge in [0.2, 0.25) is 0 Å². The number of nitrogen functional groups attached to an aromatic ring is 1. The third-order valence-electron chi connectivity index (χ3n) is 3.16. The van der Waals surface area contributed by atoms with Gasteiger partial charge >= 0.3 is 0 Å². The molecule has 2 N–H and O–H groups in total. The predicted molar refractivity (Wildman–Crippen MR) is 76.4 cm³/mol. The van der Waals surface area contributed by atoms with Crippen molar-refractivity contribution in [2.75, 3.05) is 5.73 Å². The topological polar surface area (TPSA) is 52.0 Å². The van der Waals surface area contributed by atoms with E-state index in [2.05, 4.69) is 5.16 Å². The maximum Gasteiger partial charge on any atom is 0.177 e. The molecule has 0 aliphatic heterocycles. The number of halogens is 2. The number of nitrogens with zero attached hydrogens (tertiary/aromatic N) is 1. The maximum atomic E-state index is 13.6. The Morgan fingerprint density at radius 1 is 0.952 bits per heavy atom. The van der Waals surface area contributed by atoms with Gasteiger partial charge in [-0.3, -0.25) is 0 Å². The lowest BCUT2D eigenvalue weighted by molar-refractivity contribution is 0.435. The number of hydrogen-bond donors (Lipinski definition) is 1. The lowest BCUT2D eigenvalue weighted by atomic mass is 10.0. The molecule has 0 unspecified atom stereocenters. The van der Waals surface area contributed by atoms with Gasteiger partial charge in [-0.2, -0.15) is 0 Å². The summed E-state index contributed by atoms with van der Waals surface area (Å²) >= 11 is 0. The smallest absolute Gasteiger partial charge is 0.177 e. The molecule has 2 aromatic carbocycles. The number of rotatable bonds is 2. The quantitative estimate of drug-likeness (QED) is 0.769. The van der Waals surface area contributed by atoms with Crippen LogP contribution in [0.1, 0.15) is 5.56 Å². The van der Waals surface area contributed by atoms with Crippen molar-refractivity contribution in [3.8, 4) is 22.5 Å². The molecule has 0 bridgehead atoms. The van der Waals surface area contributed by atoms with Gasteiger partial charge < -0.3 is 10.3 Å². The summed E-state index contributed by atoms with van der Waals surface area (Å²) in [7, 11) is 0. The van der Waals surface area contributed by atoms with Crippen LogP contribution in [0.2, 0.25) is 0 Å². The summed E-state index contributed by atoms with van der Waals surface area (Å²) in [6.07, 6.45) is 0. The summed E-state index contributed by atoms with van der Waals surface area (Å²) in [6.45, 7) is 1.78. The molecule has 3 nitrogen and oxygen atoms in total. The van der Waals surface area contributed by atoms with Gasteiger partial charge in [0.1, 0.15) is 11.6 Å². The zero-order valence-electron chi connectivity index (χ0n) is 11.2. The minimum absolute atomic E-state index is 0.179. The van der Waals surface area contributed by atoms with E-state index in [0.29, 0.717) is 22.5 Å². The van der Waals surface area contributed by atoms with E-state index in [9.17, 15) is 8.78 Å². The Morgan fingerprint density at radius 3 is 2.33 bits per heavy atom. The summed E-state index contributed by atoms with van der Waals surface area (Å²) in [6, 6.07) is 10.3. The normalized spacial score (nSPS) is 10.8. The number of anilines is 1. The van der Waals surface area contributed by atoms with Crippen LogP contribution in [0.15, 0.2) is 47.0 Å². The standard InChI is InChI=1S/C16H12F2N2O/c1-9-6-11(8-13(18)7-9)15-14(16(19)20-21-15)10-2-4-12(17)5-3-10/h2-8H,1H3,(H2,19,20). The molecule has 1 heterocycles. The molecule has 0 atom stereocenters. The fraction of sp³-hybridized carbons (Fsp3) is 0.0625. The van der Waals surface area contributed by atoms with E-state index in [0.717, 1.165) is 5.56 Å². The van der Waals surface area contributed by atoms with E-state index in [1.165, 1.54) is 24.3 Å². The number of nitrogens with two attached hydrogens (primary N) is 1. The molecular weight excluding hydrogens is 274 g/mol. The summed E-state index contributed by atoms with van der Waals surface area (Å²) < 4.78 is 31.8. The van der Waals surface area contributed by atoms with Crippen LogP contribution in [-0.2, 0) is 0 Å². The van der Waals surface area contributed by atoms with Gasteiger partial charge in [-0.1, -0.05) is 17.3 Å². The average molecular weight is 286 g/mol. The second-order valence-electron chi connectivity index (χ2n) is 4.80. The molecule has 0 aliphatic carbocycles. The number of aromatic nitrogens is 1. The van der Waals surface area contributed by atoms with Crippen molar-refractivity contribution in [2.45, 2.75) is 6.92 Å². The number of hydrogen-bond acceptors (Lipinski definition) is 3. The molecular formula is C16H12F2N2O. The van der Waals surface area contributed by atoms with Gasteiger partial charge in [-0.15, -0.1) is 0 Å². The van der Waals surface area contributed by atoms with E-state index in [4.69, 9.17) is 10.3 Å². The molecule has 0 aliphatic rings. The van der Waals surface area contributed by atoms with Gasteiger partial charge in [-0.25, -0.2) is 8.78 Å². The van der Waals surface area contributed by atoms with Crippen molar-refractivity contribution in [2.24, 2.45) is 0 Å². The van der Waals surface area contributed by atoms with E-state index >= 15 is 0 Å². The molecule has 0 amide bonds. The van der Waals surface area contributed by atoms with Crippen LogP contribution in [0.25, 0.3) is 22.5 Å². The Balaban J connectivity index is 2.19. The summed E-state index contributed by atoms with van der Waals surface area (Å²) in [4.78, 5) is 0. The third-order valence-corrected chi connectivity index (χ3v) is 3.16. The summed E-state index contributed by atoms with van der Waals surface area (Å²) in [5, 5.41) is 3.74. The highest BCUT2D eigenvalue weighted by molar-refractivity contribution is 5.86. The van der Waals surface area contributed by atoms with Crippen molar-refractivity contribution in [1.82, 2.24) is 5.16 Å². The SMILES string of the molecule is Cc1cc(F)cc(-c2onc(N)c2-c2ccc(F)cc2)c1. The minimum atomic E-state index is -0.370. The van der Waals surface area contributed by atoms with Crippen LogP contribution in [0.4, 0.5) is 14.6 Å². The van der Waals surface area contributed by atoms with Crippen LogP contribution in [0, 0.1) is 18.6 Å². The Morgan fingerprint density at radius 2 is 1.67 bits per heavy atom. The highest BCUT2D eigenvalue weighted by Crippen LogP contribution is 2.37. The van der Waals surface area contributed by atoms with Crippen molar-refractivity contribution >= 4 is 5.82 Å². The molecule has 0 radical (unpaired) electrons. The molecule has 1 aromatic heterocycles. The second-order valence-corrected chi connectivity index (χ2v) is 4.80. The highest BCUT2D eigenvalue weighted by atomic mass is 19.1. The van der Waals surface area contributed by atoms with Crippen molar-refractivity contribution in [1.29, 1.82) is 0 Å². The highest BCUT2D eigenvalue weighted by Gasteiger charge is 2.18. The molecule has 21 heavy (non-hydrogen) atoms. The molecule has 3 aromatic rings. The molecule has 0 saturated carbocycles. The fourth-order valence-electron chi connectivity index (χ4n) is 2.26. The van der Waals surface area contributed by atoms with E-state index < -0.39 is 0 Å². The number of aryl methyl sites for hydroxylation is 1. The first-order valence-electron chi connectivity index (χ1n) is 6.33. The lowest BCUT2D eigenvalue weighted by Crippen LogP contribution is -1.90. The Labute approximate surface area is 120 Å². The Bertz CT molecular complexity index is 774. The van der Waals surface area contributed by atoms with Crippen molar-refractivity contribution < 1.29 is 13.3 Å². The average Bonchev–Trinajstić information content (AvgIpc) is 2.80. The Hall–Kier alpha value is -2.69. The molecule has 106 valence electrons. The van der Waals surface area contributed by atoms with Gasteiger partial charge in [-0.05, 0) is 48.4 Å². The van der Waals surface area contributed by atoms with E-state index in [-0.39, 0.29) is 17.5 Å². The minimum Gasteiger partial charge on any atom is -0.380 e.